The summed E-state index contributed by atoms with van der Waals surface area (Å²) in [5.74, 6) is -1.77. The highest BCUT2D eigenvalue weighted by Gasteiger charge is 2.09. The average molecular weight is 192 g/mol. The predicted molar refractivity (Wildman–Crippen MR) is 50.1 cm³/mol. The molecule has 0 bridgehead atoms. The maximum Gasteiger partial charge on any atom is 0.320 e. The van der Waals surface area contributed by atoms with Crippen LogP contribution in [0.3, 0.4) is 0 Å². The Hall–Kier alpha value is -1.30. The molecule has 1 unspecified atom stereocenters. The molecule has 13 heavy (non-hydrogen) atoms. The number of nitrogens with zero attached hydrogens (tertiary/aromatic N) is 1. The standard InChI is InChI=1S/C7H16N4O2/c8-5(6(12)13)3-1-2-4-11-7(9)10/h5H,1-4,8H2,(H,12,13)(H4,9,10,11)/i1D2,2D2. The summed E-state index contributed by atoms with van der Waals surface area (Å²) in [4.78, 5) is 13.9. The summed E-state index contributed by atoms with van der Waals surface area (Å²) in [7, 11) is 0. The number of carbonyl (C=O) groups is 1. The summed E-state index contributed by atoms with van der Waals surface area (Å²) >= 11 is 0. The van der Waals surface area contributed by atoms with Crippen LogP contribution in [-0.2, 0) is 4.79 Å². The van der Waals surface area contributed by atoms with Gasteiger partial charge in [0.2, 0.25) is 0 Å². The van der Waals surface area contributed by atoms with Gasteiger partial charge in [-0.25, -0.2) is 0 Å². The van der Waals surface area contributed by atoms with Crippen molar-refractivity contribution in [2.75, 3.05) is 6.54 Å². The Bertz CT molecular complexity index is 317. The zero-order valence-electron chi connectivity index (χ0n) is 11.0. The van der Waals surface area contributed by atoms with Gasteiger partial charge in [-0.1, -0.05) is 0 Å². The average Bonchev–Trinajstić information content (AvgIpc) is 2.13. The maximum atomic E-state index is 10.5. The van der Waals surface area contributed by atoms with Crippen LogP contribution in [-0.4, -0.2) is 29.6 Å². The summed E-state index contributed by atoms with van der Waals surface area (Å²) in [6, 6.07) is -1.49. The Balaban J connectivity index is 4.77. The van der Waals surface area contributed by atoms with Gasteiger partial charge in [0.15, 0.2) is 5.96 Å². The van der Waals surface area contributed by atoms with Crippen molar-refractivity contribution >= 4 is 11.9 Å². The minimum Gasteiger partial charge on any atom is -0.480 e. The van der Waals surface area contributed by atoms with Gasteiger partial charge >= 0.3 is 5.97 Å². The van der Waals surface area contributed by atoms with Crippen LogP contribution in [0.5, 0.6) is 0 Å². The number of hydrogen-bond acceptors (Lipinski definition) is 3. The van der Waals surface area contributed by atoms with Gasteiger partial charge in [-0.3, -0.25) is 9.79 Å². The lowest BCUT2D eigenvalue weighted by Crippen LogP contribution is -2.29. The molecule has 0 saturated heterocycles. The molecule has 1 atom stereocenters. The Kier molecular flexibility index (Phi) is 2.98. The van der Waals surface area contributed by atoms with Crippen LogP contribution in [0.2, 0.25) is 0 Å². The van der Waals surface area contributed by atoms with E-state index >= 15 is 0 Å². The van der Waals surface area contributed by atoms with E-state index in [1.165, 1.54) is 0 Å². The molecule has 0 rings (SSSR count). The zero-order valence-corrected chi connectivity index (χ0v) is 7.03. The molecule has 0 aliphatic carbocycles. The maximum absolute atomic E-state index is 10.5. The van der Waals surface area contributed by atoms with Crippen LogP contribution in [0.1, 0.15) is 24.6 Å². The highest BCUT2D eigenvalue weighted by atomic mass is 16.4. The molecule has 0 aliphatic rings. The lowest BCUT2D eigenvalue weighted by molar-refractivity contribution is -0.138. The molecule has 0 aromatic carbocycles. The number of guanidine groups is 1. The largest absolute Gasteiger partial charge is 0.480 e. The Morgan fingerprint density at radius 3 is 2.62 bits per heavy atom. The number of aliphatic carboxylic acids is 1. The second kappa shape index (κ2) is 6.24. The first kappa shape index (κ1) is 6.20. The van der Waals surface area contributed by atoms with Gasteiger partial charge < -0.3 is 22.3 Å². The predicted octanol–water partition coefficient (Wildman–Crippen LogP) is -1.16. The molecule has 6 nitrogen and oxygen atoms in total. The van der Waals surface area contributed by atoms with Crippen LogP contribution in [0.25, 0.3) is 0 Å². The molecule has 76 valence electrons. The minimum absolute atomic E-state index is 0.368. The third kappa shape index (κ3) is 7.07. The Labute approximate surface area is 82.4 Å². The quantitative estimate of drug-likeness (QED) is 0.312. The van der Waals surface area contributed by atoms with Crippen LogP contribution < -0.4 is 17.2 Å². The molecule has 0 aromatic rings. The second-order valence-electron chi connectivity index (χ2n) is 2.24. The van der Waals surface area contributed by atoms with E-state index in [-0.39, 0.29) is 5.96 Å². The third-order valence-corrected chi connectivity index (χ3v) is 1.10. The highest BCUT2D eigenvalue weighted by Crippen LogP contribution is 1.99. The molecule has 0 radical (unpaired) electrons. The van der Waals surface area contributed by atoms with Gasteiger partial charge in [-0.15, -0.1) is 0 Å². The normalized spacial score (nSPS) is 18.8. The summed E-state index contributed by atoms with van der Waals surface area (Å²) < 4.78 is 30.0. The number of aliphatic imine (C=N–C) groups is 1. The first-order chi connectivity index (χ1) is 7.49. The number of nitrogens with two attached hydrogens (primary N) is 3. The fraction of sp³-hybridized carbons (Fsp3) is 0.714. The number of hydrogen-bond donors (Lipinski definition) is 4. The summed E-state index contributed by atoms with van der Waals surface area (Å²) in [5.41, 5.74) is 15.2. The van der Waals surface area contributed by atoms with Crippen molar-refractivity contribution in [2.24, 2.45) is 22.2 Å². The van der Waals surface area contributed by atoms with Crippen molar-refractivity contribution in [2.45, 2.75) is 25.2 Å². The fourth-order valence-electron chi connectivity index (χ4n) is 0.456. The van der Waals surface area contributed by atoms with Crippen molar-refractivity contribution in [1.82, 2.24) is 0 Å². The smallest absolute Gasteiger partial charge is 0.320 e. The van der Waals surface area contributed by atoms with Crippen molar-refractivity contribution in [3.8, 4) is 0 Å². The van der Waals surface area contributed by atoms with E-state index in [2.05, 4.69) is 4.99 Å². The SMILES string of the molecule is [2H]C([2H])(CN=C(N)N)C([2H])([2H])CC(N)C(=O)O. The van der Waals surface area contributed by atoms with Gasteiger partial charge in [0, 0.05) is 12.0 Å². The van der Waals surface area contributed by atoms with E-state index in [4.69, 9.17) is 27.8 Å². The lowest BCUT2D eigenvalue weighted by Gasteiger charge is -2.04. The lowest BCUT2D eigenvalue weighted by atomic mass is 10.1. The van der Waals surface area contributed by atoms with Crippen molar-refractivity contribution in [1.29, 1.82) is 0 Å². The van der Waals surface area contributed by atoms with Crippen LogP contribution in [0.15, 0.2) is 4.99 Å². The molecular weight excluding hydrogens is 172 g/mol. The number of carboxylic acid groups (broad SMARTS) is 1. The van der Waals surface area contributed by atoms with Gasteiger partial charge in [-0.05, 0) is 19.2 Å². The molecule has 0 fully saturated rings. The molecule has 0 spiro atoms. The third-order valence-electron chi connectivity index (χ3n) is 1.10. The zero-order chi connectivity index (χ0) is 13.9. The van der Waals surface area contributed by atoms with Crippen LogP contribution in [0.4, 0.5) is 0 Å². The minimum atomic E-state index is -2.45. The van der Waals surface area contributed by atoms with Crippen molar-refractivity contribution in [3.63, 3.8) is 0 Å². The monoisotopic (exact) mass is 192 g/mol. The number of rotatable bonds is 6. The Morgan fingerprint density at radius 2 is 2.15 bits per heavy atom. The molecule has 0 saturated carbocycles. The molecule has 7 N–H and O–H groups in total. The summed E-state index contributed by atoms with van der Waals surface area (Å²) in [5, 5.41) is 8.55. The van der Waals surface area contributed by atoms with Crippen LogP contribution >= 0.6 is 0 Å². The van der Waals surface area contributed by atoms with E-state index in [1.807, 2.05) is 0 Å². The first-order valence-corrected chi connectivity index (χ1v) is 3.53. The summed E-state index contributed by atoms with van der Waals surface area (Å²) in [6.07, 6.45) is -5.54. The molecular formula is C7H16N4O2. The molecule has 0 amide bonds. The number of carboxylic acids is 1. The van der Waals surface area contributed by atoms with E-state index in [1.54, 1.807) is 0 Å². The molecule has 0 aromatic heterocycles. The van der Waals surface area contributed by atoms with Gasteiger partial charge in [-0.2, -0.15) is 0 Å². The summed E-state index contributed by atoms with van der Waals surface area (Å²) in [6.45, 7) is -0.603. The molecule has 0 heterocycles. The molecule has 6 heteroatoms. The van der Waals surface area contributed by atoms with Crippen LogP contribution in [0, 0.1) is 0 Å². The van der Waals surface area contributed by atoms with E-state index < -0.39 is 37.7 Å². The highest BCUT2D eigenvalue weighted by molar-refractivity contribution is 5.75. The van der Waals surface area contributed by atoms with Crippen molar-refractivity contribution in [3.05, 3.63) is 0 Å². The first-order valence-electron chi connectivity index (χ1n) is 5.53. The van der Waals surface area contributed by atoms with Crippen molar-refractivity contribution < 1.29 is 15.4 Å². The Morgan fingerprint density at radius 1 is 1.54 bits per heavy atom. The van der Waals surface area contributed by atoms with E-state index in [9.17, 15) is 4.79 Å². The van der Waals surface area contributed by atoms with E-state index in [0.29, 0.717) is 0 Å². The topological polar surface area (TPSA) is 128 Å². The van der Waals surface area contributed by atoms with Gasteiger partial charge in [0.25, 0.3) is 0 Å². The second-order valence-corrected chi connectivity index (χ2v) is 2.24. The van der Waals surface area contributed by atoms with E-state index in [0.717, 1.165) is 0 Å². The van der Waals surface area contributed by atoms with Gasteiger partial charge in [0.1, 0.15) is 6.04 Å². The molecule has 0 aliphatic heterocycles. The fourth-order valence-corrected chi connectivity index (χ4v) is 0.456. The van der Waals surface area contributed by atoms with Gasteiger partial charge in [0.05, 0.1) is 0 Å².